The van der Waals surface area contributed by atoms with E-state index in [1.165, 1.54) is 6.07 Å². The predicted molar refractivity (Wildman–Crippen MR) is 88.1 cm³/mol. The third-order valence-electron chi connectivity index (χ3n) is 4.14. The molecule has 0 bridgehead atoms. The molecule has 1 fully saturated rings. The second-order valence-electron chi connectivity index (χ2n) is 5.89. The standard InChI is InChI=1S/C18H19F2N3O/c1-13-4-2-5-17(21-13)22-8-3-9-23(11-10-22)18(24)15-7-6-14(19)12-16(15)20/h2,4-7,12H,3,8-11H2,1H3. The molecule has 6 heteroatoms. The number of anilines is 1. The Bertz CT molecular complexity index is 751. The molecule has 0 spiro atoms. The summed E-state index contributed by atoms with van der Waals surface area (Å²) in [7, 11) is 0. The van der Waals surface area contributed by atoms with Crippen LogP contribution in [0.2, 0.25) is 0 Å². The largest absolute Gasteiger partial charge is 0.355 e. The summed E-state index contributed by atoms with van der Waals surface area (Å²) in [5.74, 6) is -1.01. The van der Waals surface area contributed by atoms with Crippen molar-refractivity contribution in [1.29, 1.82) is 0 Å². The van der Waals surface area contributed by atoms with Gasteiger partial charge in [0.1, 0.15) is 17.5 Å². The van der Waals surface area contributed by atoms with Crippen molar-refractivity contribution in [3.63, 3.8) is 0 Å². The van der Waals surface area contributed by atoms with Crippen LogP contribution in [-0.2, 0) is 0 Å². The number of amides is 1. The minimum Gasteiger partial charge on any atom is -0.355 e. The molecule has 0 saturated carbocycles. The molecule has 2 heterocycles. The molecule has 1 amide bonds. The minimum absolute atomic E-state index is 0.0847. The molecule has 0 unspecified atom stereocenters. The molecule has 0 N–H and O–H groups in total. The van der Waals surface area contributed by atoms with Crippen LogP contribution in [-0.4, -0.2) is 42.0 Å². The van der Waals surface area contributed by atoms with E-state index in [0.29, 0.717) is 19.6 Å². The fourth-order valence-electron chi connectivity index (χ4n) is 2.89. The van der Waals surface area contributed by atoms with Crippen molar-refractivity contribution in [2.75, 3.05) is 31.1 Å². The highest BCUT2D eigenvalue weighted by molar-refractivity contribution is 5.94. The molecule has 0 atom stereocenters. The van der Waals surface area contributed by atoms with Gasteiger partial charge in [0.25, 0.3) is 5.91 Å². The number of hydrogen-bond acceptors (Lipinski definition) is 3. The first-order valence-electron chi connectivity index (χ1n) is 7.97. The second-order valence-corrected chi connectivity index (χ2v) is 5.89. The Morgan fingerprint density at radius 3 is 2.67 bits per heavy atom. The summed E-state index contributed by atoms with van der Waals surface area (Å²) in [6.45, 7) is 4.37. The molecule has 1 aromatic carbocycles. The van der Waals surface area contributed by atoms with Gasteiger partial charge in [-0.1, -0.05) is 6.07 Å². The number of carbonyl (C=O) groups excluding carboxylic acids is 1. The molecule has 0 radical (unpaired) electrons. The van der Waals surface area contributed by atoms with Crippen LogP contribution in [0, 0.1) is 18.6 Å². The van der Waals surface area contributed by atoms with E-state index < -0.39 is 17.5 Å². The van der Waals surface area contributed by atoms with E-state index in [2.05, 4.69) is 9.88 Å². The number of halogens is 2. The van der Waals surface area contributed by atoms with Crippen molar-refractivity contribution >= 4 is 11.7 Å². The zero-order chi connectivity index (χ0) is 17.1. The molecule has 4 nitrogen and oxygen atoms in total. The first-order chi connectivity index (χ1) is 11.5. The fraction of sp³-hybridized carbons (Fsp3) is 0.333. The van der Waals surface area contributed by atoms with Crippen LogP contribution < -0.4 is 4.90 Å². The maximum Gasteiger partial charge on any atom is 0.256 e. The molecule has 1 saturated heterocycles. The fourth-order valence-corrected chi connectivity index (χ4v) is 2.89. The third kappa shape index (κ3) is 3.53. The van der Waals surface area contributed by atoms with Gasteiger partial charge < -0.3 is 9.80 Å². The molecule has 126 valence electrons. The van der Waals surface area contributed by atoms with Crippen LogP contribution >= 0.6 is 0 Å². The van der Waals surface area contributed by atoms with Gasteiger partial charge in [-0.3, -0.25) is 4.79 Å². The Morgan fingerprint density at radius 2 is 1.92 bits per heavy atom. The summed E-state index contributed by atoms with van der Waals surface area (Å²) in [6, 6.07) is 8.90. The Morgan fingerprint density at radius 1 is 1.08 bits per heavy atom. The van der Waals surface area contributed by atoms with Crippen LogP contribution in [0.1, 0.15) is 22.5 Å². The minimum atomic E-state index is -0.818. The van der Waals surface area contributed by atoms with Gasteiger partial charge in [-0.2, -0.15) is 0 Å². The molecule has 1 aliphatic rings. The van der Waals surface area contributed by atoms with E-state index >= 15 is 0 Å². The van der Waals surface area contributed by atoms with Gasteiger partial charge in [0.15, 0.2) is 0 Å². The van der Waals surface area contributed by atoms with Gasteiger partial charge in [-0.25, -0.2) is 13.8 Å². The lowest BCUT2D eigenvalue weighted by molar-refractivity contribution is 0.0762. The molecule has 1 aromatic heterocycles. The topological polar surface area (TPSA) is 36.4 Å². The lowest BCUT2D eigenvalue weighted by Gasteiger charge is -2.23. The highest BCUT2D eigenvalue weighted by atomic mass is 19.1. The van der Waals surface area contributed by atoms with Crippen molar-refractivity contribution in [2.45, 2.75) is 13.3 Å². The number of benzene rings is 1. The third-order valence-corrected chi connectivity index (χ3v) is 4.14. The lowest BCUT2D eigenvalue weighted by Crippen LogP contribution is -2.35. The van der Waals surface area contributed by atoms with Gasteiger partial charge in [0.2, 0.25) is 0 Å². The zero-order valence-corrected chi connectivity index (χ0v) is 13.5. The molecule has 24 heavy (non-hydrogen) atoms. The van der Waals surface area contributed by atoms with E-state index in [-0.39, 0.29) is 5.56 Å². The first kappa shape index (κ1) is 16.4. The molecule has 2 aromatic rings. The summed E-state index contributed by atoms with van der Waals surface area (Å²) in [5.41, 5.74) is 0.858. The smallest absolute Gasteiger partial charge is 0.256 e. The van der Waals surface area contributed by atoms with Crippen LogP contribution in [0.3, 0.4) is 0 Å². The van der Waals surface area contributed by atoms with Gasteiger partial charge in [0.05, 0.1) is 5.56 Å². The molecular weight excluding hydrogens is 312 g/mol. The van der Waals surface area contributed by atoms with Crippen molar-refractivity contribution in [1.82, 2.24) is 9.88 Å². The number of carbonyl (C=O) groups is 1. The number of nitrogens with zero attached hydrogens (tertiary/aromatic N) is 3. The summed E-state index contributed by atoms with van der Waals surface area (Å²) < 4.78 is 26.8. The number of pyridine rings is 1. The van der Waals surface area contributed by atoms with Gasteiger partial charge >= 0.3 is 0 Å². The SMILES string of the molecule is Cc1cccc(N2CCCN(C(=O)c3ccc(F)cc3F)CC2)n1. The average Bonchev–Trinajstić information content (AvgIpc) is 2.80. The molecular formula is C18H19F2N3O. The number of aromatic nitrogens is 1. The Balaban J connectivity index is 1.72. The van der Waals surface area contributed by atoms with Gasteiger partial charge in [-0.05, 0) is 37.6 Å². The predicted octanol–water partition coefficient (Wildman–Crippen LogP) is 3.02. The quantitative estimate of drug-likeness (QED) is 0.849. The van der Waals surface area contributed by atoms with Crippen LogP contribution in [0.5, 0.6) is 0 Å². The van der Waals surface area contributed by atoms with Crippen molar-refractivity contribution in [2.24, 2.45) is 0 Å². The Hall–Kier alpha value is -2.50. The monoisotopic (exact) mass is 331 g/mol. The first-order valence-corrected chi connectivity index (χ1v) is 7.97. The average molecular weight is 331 g/mol. The van der Waals surface area contributed by atoms with Crippen molar-refractivity contribution in [3.05, 3.63) is 59.3 Å². The van der Waals surface area contributed by atoms with Crippen LogP contribution in [0.15, 0.2) is 36.4 Å². The summed E-state index contributed by atoms with van der Waals surface area (Å²) in [6.07, 6.45) is 0.768. The van der Waals surface area contributed by atoms with Crippen molar-refractivity contribution in [3.8, 4) is 0 Å². The Labute approximate surface area is 139 Å². The maximum atomic E-state index is 13.8. The number of rotatable bonds is 2. The molecule has 1 aliphatic heterocycles. The summed E-state index contributed by atoms with van der Waals surface area (Å²) in [4.78, 5) is 20.8. The van der Waals surface area contributed by atoms with E-state index in [9.17, 15) is 13.6 Å². The zero-order valence-electron chi connectivity index (χ0n) is 13.5. The normalized spacial score (nSPS) is 15.3. The summed E-state index contributed by atoms with van der Waals surface area (Å²) >= 11 is 0. The van der Waals surface area contributed by atoms with Crippen molar-refractivity contribution < 1.29 is 13.6 Å². The van der Waals surface area contributed by atoms with Crippen LogP contribution in [0.25, 0.3) is 0 Å². The molecule has 0 aliphatic carbocycles. The highest BCUT2D eigenvalue weighted by Gasteiger charge is 2.23. The highest BCUT2D eigenvalue weighted by Crippen LogP contribution is 2.17. The second kappa shape index (κ2) is 6.95. The number of hydrogen-bond donors (Lipinski definition) is 0. The van der Waals surface area contributed by atoms with E-state index in [1.54, 1.807) is 4.90 Å². The maximum absolute atomic E-state index is 13.8. The van der Waals surface area contributed by atoms with Crippen LogP contribution in [0.4, 0.5) is 14.6 Å². The van der Waals surface area contributed by atoms with E-state index in [4.69, 9.17) is 0 Å². The number of aryl methyl sites for hydroxylation is 1. The van der Waals surface area contributed by atoms with E-state index in [0.717, 1.165) is 36.6 Å². The Kier molecular flexibility index (Phi) is 4.74. The van der Waals surface area contributed by atoms with E-state index in [1.807, 2.05) is 25.1 Å². The molecule has 3 rings (SSSR count). The lowest BCUT2D eigenvalue weighted by atomic mass is 10.1. The van der Waals surface area contributed by atoms with Gasteiger partial charge in [-0.15, -0.1) is 0 Å². The summed E-state index contributed by atoms with van der Waals surface area (Å²) in [5, 5.41) is 0. The van der Waals surface area contributed by atoms with Gasteiger partial charge in [0, 0.05) is 37.9 Å².